The van der Waals surface area contributed by atoms with Gasteiger partial charge in [-0.3, -0.25) is 0 Å². The van der Waals surface area contributed by atoms with Gasteiger partial charge in [0.15, 0.2) is 0 Å². The first kappa shape index (κ1) is 19.7. The highest BCUT2D eigenvalue weighted by Gasteiger charge is 2.01. The summed E-state index contributed by atoms with van der Waals surface area (Å²) in [6.07, 6.45) is 21.8. The molecule has 0 aliphatic carbocycles. The molecule has 0 saturated heterocycles. The molecule has 0 fully saturated rings. The maximum absolute atomic E-state index is 2.37. The lowest BCUT2D eigenvalue weighted by Crippen LogP contribution is -2.34. The van der Waals surface area contributed by atoms with E-state index < -0.39 is 0 Å². The van der Waals surface area contributed by atoms with E-state index in [9.17, 15) is 0 Å². The van der Waals surface area contributed by atoms with Crippen LogP contribution >= 0.6 is 0 Å². The topological polar surface area (TPSA) is 0 Å². The van der Waals surface area contributed by atoms with Crippen LogP contribution in [0.5, 0.6) is 0 Å². The standard InChI is InChI=1S/C19H40N/c1-5-6-7-8-9-10-11-12-13-14-15-16-17-18-19-20(2,3)4/h17-18H,5-16,19H2,1-4H3/q+1. The molecule has 0 aliphatic rings. The molecule has 0 aromatic heterocycles. The summed E-state index contributed by atoms with van der Waals surface area (Å²) in [5.41, 5.74) is 0. The van der Waals surface area contributed by atoms with Crippen molar-refractivity contribution in [3.8, 4) is 0 Å². The molecule has 120 valence electrons. The zero-order chi connectivity index (χ0) is 15.1. The monoisotopic (exact) mass is 282 g/mol. The lowest BCUT2D eigenvalue weighted by atomic mass is 10.1. The van der Waals surface area contributed by atoms with Gasteiger partial charge in [-0.05, 0) is 18.9 Å². The maximum atomic E-state index is 2.37. The predicted octanol–water partition coefficient (Wildman–Crippen LogP) is 5.95. The number of quaternary nitrogens is 1. The fourth-order valence-electron chi connectivity index (χ4n) is 2.44. The van der Waals surface area contributed by atoms with Crippen LogP contribution in [0.2, 0.25) is 0 Å². The number of rotatable bonds is 14. The number of likely N-dealkylation sites (N-methyl/N-ethyl adjacent to an activating group) is 1. The molecule has 0 spiro atoms. The van der Waals surface area contributed by atoms with Gasteiger partial charge >= 0.3 is 0 Å². The van der Waals surface area contributed by atoms with Crippen LogP contribution in [0.25, 0.3) is 0 Å². The minimum atomic E-state index is 1.04. The van der Waals surface area contributed by atoms with E-state index >= 15 is 0 Å². The average molecular weight is 283 g/mol. The Bertz CT molecular complexity index is 212. The van der Waals surface area contributed by atoms with E-state index in [1.807, 2.05) is 0 Å². The number of hydrogen-bond donors (Lipinski definition) is 0. The first-order valence-corrected chi connectivity index (χ1v) is 9.01. The second-order valence-corrected chi connectivity index (χ2v) is 7.27. The Morgan fingerprint density at radius 3 is 1.50 bits per heavy atom. The summed E-state index contributed by atoms with van der Waals surface area (Å²) in [4.78, 5) is 0. The molecule has 0 saturated carbocycles. The molecular weight excluding hydrogens is 242 g/mol. The van der Waals surface area contributed by atoms with Gasteiger partial charge in [-0.1, -0.05) is 77.2 Å². The minimum absolute atomic E-state index is 1.04. The summed E-state index contributed by atoms with van der Waals surface area (Å²) in [5, 5.41) is 0. The molecule has 0 heterocycles. The summed E-state index contributed by atoms with van der Waals surface area (Å²) in [5.74, 6) is 0. The molecule has 0 radical (unpaired) electrons. The summed E-state index contributed by atoms with van der Waals surface area (Å²) < 4.78 is 1.04. The molecule has 0 atom stereocenters. The van der Waals surface area contributed by atoms with Gasteiger partial charge in [-0.15, -0.1) is 0 Å². The van der Waals surface area contributed by atoms with Gasteiger partial charge in [0.05, 0.1) is 27.7 Å². The maximum Gasteiger partial charge on any atom is 0.0967 e. The summed E-state index contributed by atoms with van der Waals surface area (Å²) in [6.45, 7) is 3.44. The van der Waals surface area contributed by atoms with Crippen LogP contribution in [0.3, 0.4) is 0 Å². The van der Waals surface area contributed by atoms with Crippen molar-refractivity contribution < 1.29 is 4.48 Å². The Balaban J connectivity index is 3.10. The molecule has 0 aromatic carbocycles. The molecular formula is C19H40N+. The average Bonchev–Trinajstić information content (AvgIpc) is 2.38. The molecule has 0 N–H and O–H groups in total. The van der Waals surface area contributed by atoms with Crippen LogP contribution in [0.4, 0.5) is 0 Å². The van der Waals surface area contributed by atoms with E-state index in [0.717, 1.165) is 11.0 Å². The lowest BCUT2D eigenvalue weighted by Gasteiger charge is -2.21. The zero-order valence-electron chi connectivity index (χ0n) is 14.8. The first-order valence-electron chi connectivity index (χ1n) is 9.01. The third-order valence-electron chi connectivity index (χ3n) is 3.79. The number of allylic oxidation sites excluding steroid dienone is 1. The molecule has 1 heteroatoms. The highest BCUT2D eigenvalue weighted by molar-refractivity contribution is 4.81. The Hall–Kier alpha value is -0.300. The highest BCUT2D eigenvalue weighted by Crippen LogP contribution is 2.12. The van der Waals surface area contributed by atoms with Gasteiger partial charge in [0.25, 0.3) is 0 Å². The van der Waals surface area contributed by atoms with Crippen molar-refractivity contribution in [1.29, 1.82) is 0 Å². The summed E-state index contributed by atoms with van der Waals surface area (Å²) >= 11 is 0. The van der Waals surface area contributed by atoms with Gasteiger partial charge in [0.1, 0.15) is 0 Å². The fraction of sp³-hybridized carbons (Fsp3) is 0.895. The molecule has 0 bridgehead atoms. The third kappa shape index (κ3) is 17.7. The smallest absolute Gasteiger partial charge is 0.0967 e. The third-order valence-corrected chi connectivity index (χ3v) is 3.79. The van der Waals surface area contributed by atoms with Crippen LogP contribution in [-0.4, -0.2) is 32.2 Å². The molecule has 0 aliphatic heterocycles. The molecule has 1 nitrogen and oxygen atoms in total. The zero-order valence-corrected chi connectivity index (χ0v) is 14.8. The lowest BCUT2D eigenvalue weighted by molar-refractivity contribution is -0.864. The quantitative estimate of drug-likeness (QED) is 0.210. The normalized spacial score (nSPS) is 12.4. The van der Waals surface area contributed by atoms with Gasteiger partial charge in [-0.2, -0.15) is 0 Å². The second-order valence-electron chi connectivity index (χ2n) is 7.27. The fourth-order valence-corrected chi connectivity index (χ4v) is 2.44. The predicted molar refractivity (Wildman–Crippen MR) is 93.1 cm³/mol. The van der Waals surface area contributed by atoms with Crippen molar-refractivity contribution in [2.75, 3.05) is 27.7 Å². The SMILES string of the molecule is CCCCCCCCCCCCCC=CC[N+](C)(C)C. The highest BCUT2D eigenvalue weighted by atomic mass is 15.3. The van der Waals surface area contributed by atoms with E-state index in [1.54, 1.807) is 0 Å². The Kier molecular flexibility index (Phi) is 13.5. The van der Waals surface area contributed by atoms with Gasteiger partial charge in [0.2, 0.25) is 0 Å². The van der Waals surface area contributed by atoms with Crippen molar-refractivity contribution in [2.24, 2.45) is 0 Å². The number of hydrogen-bond acceptors (Lipinski definition) is 0. The Morgan fingerprint density at radius 1 is 0.600 bits per heavy atom. The molecule has 20 heavy (non-hydrogen) atoms. The number of unbranched alkanes of at least 4 members (excludes halogenated alkanes) is 11. The van der Waals surface area contributed by atoms with Gasteiger partial charge in [0, 0.05) is 0 Å². The Morgan fingerprint density at radius 2 is 1.05 bits per heavy atom. The van der Waals surface area contributed by atoms with E-state index in [-0.39, 0.29) is 0 Å². The summed E-state index contributed by atoms with van der Waals surface area (Å²) in [7, 11) is 6.73. The van der Waals surface area contributed by atoms with Crippen molar-refractivity contribution in [1.82, 2.24) is 0 Å². The van der Waals surface area contributed by atoms with E-state index in [2.05, 4.69) is 40.2 Å². The van der Waals surface area contributed by atoms with Crippen LogP contribution in [0.1, 0.15) is 84.0 Å². The molecule has 0 unspecified atom stereocenters. The van der Waals surface area contributed by atoms with Crippen molar-refractivity contribution in [3.63, 3.8) is 0 Å². The van der Waals surface area contributed by atoms with Crippen LogP contribution in [0.15, 0.2) is 12.2 Å². The van der Waals surface area contributed by atoms with E-state index in [4.69, 9.17) is 0 Å². The van der Waals surface area contributed by atoms with Crippen LogP contribution < -0.4 is 0 Å². The van der Waals surface area contributed by atoms with Crippen molar-refractivity contribution in [2.45, 2.75) is 84.0 Å². The second kappa shape index (κ2) is 13.7. The summed E-state index contributed by atoms with van der Waals surface area (Å²) in [6, 6.07) is 0. The number of nitrogens with zero attached hydrogens (tertiary/aromatic N) is 1. The minimum Gasteiger partial charge on any atom is -0.328 e. The van der Waals surface area contributed by atoms with Crippen LogP contribution in [-0.2, 0) is 0 Å². The first-order chi connectivity index (χ1) is 9.56. The largest absolute Gasteiger partial charge is 0.328 e. The van der Waals surface area contributed by atoms with Crippen molar-refractivity contribution >= 4 is 0 Å². The molecule has 0 aromatic rings. The molecule has 0 amide bonds. The molecule has 0 rings (SSSR count). The van der Waals surface area contributed by atoms with Crippen molar-refractivity contribution in [3.05, 3.63) is 12.2 Å². The Labute approximate surface area is 129 Å². The van der Waals surface area contributed by atoms with Gasteiger partial charge < -0.3 is 4.48 Å². The van der Waals surface area contributed by atoms with E-state index in [0.29, 0.717) is 0 Å². The van der Waals surface area contributed by atoms with E-state index in [1.165, 1.54) is 77.0 Å². The van der Waals surface area contributed by atoms with Gasteiger partial charge in [-0.25, -0.2) is 0 Å². The van der Waals surface area contributed by atoms with Crippen LogP contribution in [0, 0.1) is 0 Å².